The van der Waals surface area contributed by atoms with E-state index in [1.165, 1.54) is 16.7 Å². The van der Waals surface area contributed by atoms with Gasteiger partial charge in [-0.3, -0.25) is 0 Å². The van der Waals surface area contributed by atoms with Gasteiger partial charge >= 0.3 is 0 Å². The SMILES string of the molecule is CS(=O)(=O)NCCCN[C@H]1CCSc2c(Cl)cccc21. The maximum Gasteiger partial charge on any atom is 0.208 e. The fraction of sp³-hybridized carbons (Fsp3) is 0.538. The van der Waals surface area contributed by atoms with Crippen molar-refractivity contribution in [1.82, 2.24) is 10.0 Å². The summed E-state index contributed by atoms with van der Waals surface area (Å²) in [5.41, 5.74) is 1.25. The molecule has 112 valence electrons. The average Bonchev–Trinajstić information content (AvgIpc) is 2.38. The Morgan fingerprint density at radius 2 is 2.20 bits per heavy atom. The van der Waals surface area contributed by atoms with Crippen molar-refractivity contribution in [1.29, 1.82) is 0 Å². The van der Waals surface area contributed by atoms with Gasteiger partial charge in [0.25, 0.3) is 0 Å². The van der Waals surface area contributed by atoms with Crippen LogP contribution in [-0.2, 0) is 10.0 Å². The monoisotopic (exact) mass is 334 g/mol. The second-order valence-electron chi connectivity index (χ2n) is 4.82. The zero-order chi connectivity index (χ0) is 14.6. The number of thioether (sulfide) groups is 1. The van der Waals surface area contributed by atoms with Gasteiger partial charge in [0.1, 0.15) is 0 Å². The van der Waals surface area contributed by atoms with Gasteiger partial charge in [0.05, 0.1) is 11.3 Å². The Kier molecular flexibility index (Phi) is 5.74. The second-order valence-corrected chi connectivity index (χ2v) is 8.17. The predicted octanol–water partition coefficient (Wildman–Crippen LogP) is 2.41. The van der Waals surface area contributed by atoms with Crippen LogP contribution in [0.4, 0.5) is 0 Å². The molecular weight excluding hydrogens is 316 g/mol. The first kappa shape index (κ1) is 16.1. The van der Waals surface area contributed by atoms with Gasteiger partial charge in [0, 0.05) is 17.5 Å². The van der Waals surface area contributed by atoms with Gasteiger partial charge in [-0.25, -0.2) is 13.1 Å². The van der Waals surface area contributed by atoms with E-state index < -0.39 is 10.0 Å². The van der Waals surface area contributed by atoms with E-state index >= 15 is 0 Å². The van der Waals surface area contributed by atoms with E-state index in [1.54, 1.807) is 11.8 Å². The quantitative estimate of drug-likeness (QED) is 0.784. The number of rotatable bonds is 6. The highest BCUT2D eigenvalue weighted by Gasteiger charge is 2.21. The van der Waals surface area contributed by atoms with Crippen LogP contribution < -0.4 is 10.0 Å². The van der Waals surface area contributed by atoms with Crippen LogP contribution in [0.15, 0.2) is 23.1 Å². The average molecular weight is 335 g/mol. The van der Waals surface area contributed by atoms with Crippen molar-refractivity contribution in [3.63, 3.8) is 0 Å². The van der Waals surface area contributed by atoms with Gasteiger partial charge < -0.3 is 5.32 Å². The van der Waals surface area contributed by atoms with Crippen molar-refractivity contribution >= 4 is 33.4 Å². The normalized spacial score (nSPS) is 18.8. The van der Waals surface area contributed by atoms with Crippen molar-refractivity contribution < 1.29 is 8.42 Å². The van der Waals surface area contributed by atoms with Crippen LogP contribution in [0, 0.1) is 0 Å². The van der Waals surface area contributed by atoms with Crippen LogP contribution in [-0.4, -0.2) is 33.5 Å². The molecule has 20 heavy (non-hydrogen) atoms. The lowest BCUT2D eigenvalue weighted by atomic mass is 10.0. The minimum absolute atomic E-state index is 0.309. The van der Waals surface area contributed by atoms with Crippen LogP contribution >= 0.6 is 23.4 Å². The highest BCUT2D eigenvalue weighted by atomic mass is 35.5. The minimum atomic E-state index is -3.08. The number of fused-ring (bicyclic) bond motifs is 1. The molecule has 0 aliphatic carbocycles. The molecule has 0 unspecified atom stereocenters. The largest absolute Gasteiger partial charge is 0.310 e. The molecule has 2 rings (SSSR count). The number of hydrogen-bond acceptors (Lipinski definition) is 4. The number of hydrogen-bond donors (Lipinski definition) is 2. The smallest absolute Gasteiger partial charge is 0.208 e. The van der Waals surface area contributed by atoms with Crippen LogP contribution in [0.5, 0.6) is 0 Å². The fourth-order valence-electron chi connectivity index (χ4n) is 2.22. The topological polar surface area (TPSA) is 58.2 Å². The Labute approximate surface area is 129 Å². The summed E-state index contributed by atoms with van der Waals surface area (Å²) in [5.74, 6) is 1.05. The van der Waals surface area contributed by atoms with Gasteiger partial charge in [-0.05, 0) is 36.8 Å². The van der Waals surface area contributed by atoms with E-state index in [4.69, 9.17) is 11.6 Å². The molecule has 0 spiro atoms. The predicted molar refractivity (Wildman–Crippen MR) is 85.0 cm³/mol. The Bertz CT molecular complexity index is 563. The third kappa shape index (κ3) is 4.63. The zero-order valence-corrected chi connectivity index (χ0v) is 13.7. The molecule has 0 saturated heterocycles. The van der Waals surface area contributed by atoms with Crippen LogP contribution in [0.25, 0.3) is 0 Å². The Balaban J connectivity index is 1.85. The van der Waals surface area contributed by atoms with Crippen molar-refractivity contribution in [2.45, 2.75) is 23.8 Å². The molecule has 1 aliphatic rings. The molecule has 0 amide bonds. The standard InChI is InChI=1S/C13H19ClN2O2S2/c1-20(17,18)16-8-3-7-15-12-6-9-19-13-10(12)4-2-5-11(13)14/h2,4-5,12,15-16H,3,6-9H2,1H3/t12-/m0/s1. The summed E-state index contributed by atoms with van der Waals surface area (Å²) in [6.07, 6.45) is 3.02. The molecule has 0 bridgehead atoms. The van der Waals surface area contributed by atoms with Gasteiger partial charge in [-0.1, -0.05) is 23.7 Å². The summed E-state index contributed by atoms with van der Waals surface area (Å²) in [6, 6.07) is 6.32. The molecule has 1 aromatic carbocycles. The summed E-state index contributed by atoms with van der Waals surface area (Å²) < 4.78 is 24.4. The van der Waals surface area contributed by atoms with E-state index in [0.29, 0.717) is 12.6 Å². The Hall–Kier alpha value is -0.270. The molecule has 0 fully saturated rings. The molecule has 4 nitrogen and oxygen atoms in total. The van der Waals surface area contributed by atoms with Gasteiger partial charge in [0.15, 0.2) is 0 Å². The van der Waals surface area contributed by atoms with Gasteiger partial charge in [0.2, 0.25) is 10.0 Å². The minimum Gasteiger partial charge on any atom is -0.310 e. The molecule has 0 radical (unpaired) electrons. The zero-order valence-electron chi connectivity index (χ0n) is 11.4. The highest BCUT2D eigenvalue weighted by molar-refractivity contribution is 7.99. The summed E-state index contributed by atoms with van der Waals surface area (Å²) in [7, 11) is -3.08. The molecular formula is C13H19ClN2O2S2. The second kappa shape index (κ2) is 7.13. The van der Waals surface area contributed by atoms with Crippen LogP contribution in [0.2, 0.25) is 5.02 Å². The van der Waals surface area contributed by atoms with Crippen molar-refractivity contribution in [3.8, 4) is 0 Å². The number of nitrogens with one attached hydrogen (secondary N) is 2. The summed E-state index contributed by atoms with van der Waals surface area (Å²) in [6.45, 7) is 1.25. The van der Waals surface area contributed by atoms with Gasteiger partial charge in [-0.2, -0.15) is 0 Å². The lowest BCUT2D eigenvalue weighted by Crippen LogP contribution is -2.29. The van der Waals surface area contributed by atoms with Crippen LogP contribution in [0.1, 0.15) is 24.4 Å². The molecule has 7 heteroatoms. The summed E-state index contributed by atoms with van der Waals surface area (Å²) >= 11 is 8.02. The molecule has 2 N–H and O–H groups in total. The lowest BCUT2D eigenvalue weighted by Gasteiger charge is -2.26. The Morgan fingerprint density at radius 3 is 2.95 bits per heavy atom. The first-order valence-corrected chi connectivity index (χ1v) is 9.82. The number of halogens is 1. The number of benzene rings is 1. The summed E-state index contributed by atoms with van der Waals surface area (Å²) in [4.78, 5) is 1.17. The molecule has 1 aromatic rings. The third-order valence-corrected chi connectivity index (χ3v) is 5.47. The van der Waals surface area contributed by atoms with Crippen molar-refractivity contribution in [3.05, 3.63) is 28.8 Å². The maximum absolute atomic E-state index is 10.9. The fourth-order valence-corrected chi connectivity index (χ4v) is 4.22. The van der Waals surface area contributed by atoms with E-state index in [-0.39, 0.29) is 0 Å². The molecule has 1 atom stereocenters. The Morgan fingerprint density at radius 1 is 1.40 bits per heavy atom. The van der Waals surface area contributed by atoms with Crippen molar-refractivity contribution in [2.24, 2.45) is 0 Å². The van der Waals surface area contributed by atoms with E-state index in [9.17, 15) is 8.42 Å². The lowest BCUT2D eigenvalue weighted by molar-refractivity contribution is 0.500. The molecule has 0 saturated carbocycles. The highest BCUT2D eigenvalue weighted by Crippen LogP contribution is 2.40. The maximum atomic E-state index is 10.9. The first-order valence-electron chi connectivity index (χ1n) is 6.56. The third-order valence-electron chi connectivity index (χ3n) is 3.13. The van der Waals surface area contributed by atoms with Crippen LogP contribution in [0.3, 0.4) is 0 Å². The molecule has 1 aliphatic heterocycles. The first-order chi connectivity index (χ1) is 9.47. The molecule has 1 heterocycles. The van der Waals surface area contributed by atoms with E-state index in [0.717, 1.165) is 30.2 Å². The van der Waals surface area contributed by atoms with E-state index in [2.05, 4.69) is 16.1 Å². The summed E-state index contributed by atoms with van der Waals surface area (Å²) in [5, 5.41) is 4.30. The molecule has 0 aromatic heterocycles. The number of sulfonamides is 1. The van der Waals surface area contributed by atoms with Crippen molar-refractivity contribution in [2.75, 3.05) is 25.1 Å². The van der Waals surface area contributed by atoms with Gasteiger partial charge in [-0.15, -0.1) is 11.8 Å². The van der Waals surface area contributed by atoms with E-state index in [1.807, 2.05) is 12.1 Å².